The largest absolute Gasteiger partial charge is 0.261 e. The van der Waals surface area contributed by atoms with Crippen molar-refractivity contribution in [3.63, 3.8) is 0 Å². The van der Waals surface area contributed by atoms with E-state index in [9.17, 15) is 8.42 Å². The second-order valence-electron chi connectivity index (χ2n) is 5.87. The van der Waals surface area contributed by atoms with Gasteiger partial charge in [-0.25, -0.2) is 8.42 Å². The predicted molar refractivity (Wildman–Crippen MR) is 68.0 cm³/mol. The number of pyridine rings is 1. The molecule has 0 spiro atoms. The van der Waals surface area contributed by atoms with E-state index in [0.717, 1.165) is 24.1 Å². The number of rotatable bonds is 2. The molecule has 0 radical (unpaired) electrons. The Bertz CT molecular complexity index is 537. The number of hydrogen-bond donors (Lipinski definition) is 0. The molecule has 1 aliphatic carbocycles. The monoisotopic (exact) mass is 253 g/mol. The minimum Gasteiger partial charge on any atom is -0.261 e. The molecule has 0 aromatic carbocycles. The topological polar surface area (TPSA) is 47.0 Å². The molecule has 1 aromatic heterocycles. The highest BCUT2D eigenvalue weighted by molar-refractivity contribution is 7.90. The van der Waals surface area contributed by atoms with Gasteiger partial charge >= 0.3 is 0 Å². The molecule has 0 N–H and O–H groups in total. The van der Waals surface area contributed by atoms with Crippen molar-refractivity contribution in [2.45, 2.75) is 49.8 Å². The maximum atomic E-state index is 11.9. The van der Waals surface area contributed by atoms with E-state index in [1.807, 2.05) is 20.8 Å². The lowest BCUT2D eigenvalue weighted by Gasteiger charge is -2.24. The summed E-state index contributed by atoms with van der Waals surface area (Å²) in [5.74, 6) is 0.464. The Kier molecular flexibility index (Phi) is 2.81. The third kappa shape index (κ3) is 2.51. The highest BCUT2D eigenvalue weighted by Gasteiger charge is 2.34. The molecule has 17 heavy (non-hydrogen) atoms. The molecule has 1 fully saturated rings. The van der Waals surface area contributed by atoms with Crippen molar-refractivity contribution in [3.05, 3.63) is 23.5 Å². The summed E-state index contributed by atoms with van der Waals surface area (Å²) < 4.78 is 23.7. The van der Waals surface area contributed by atoms with Crippen LogP contribution in [0.3, 0.4) is 0 Å². The summed E-state index contributed by atoms with van der Waals surface area (Å²) in [5, 5.41) is 0. The van der Waals surface area contributed by atoms with Crippen LogP contribution in [-0.4, -0.2) is 19.7 Å². The van der Waals surface area contributed by atoms with E-state index < -0.39 is 9.84 Å². The zero-order valence-corrected chi connectivity index (χ0v) is 11.6. The molecule has 0 aliphatic heterocycles. The first-order valence-electron chi connectivity index (χ1n) is 5.90. The van der Waals surface area contributed by atoms with Crippen LogP contribution in [-0.2, 0) is 15.3 Å². The molecule has 1 saturated carbocycles. The smallest absolute Gasteiger partial charge is 0.175 e. The Labute approximate surface area is 103 Å². The standard InChI is InChI=1S/C13H19NO2S/c1-13(2,3)11-10(17(4,15)16)7-8-14-12(11)9-5-6-9/h7-9H,5-6H2,1-4H3. The third-order valence-corrected chi connectivity index (χ3v) is 4.19. The molecule has 0 atom stereocenters. The lowest BCUT2D eigenvalue weighted by Crippen LogP contribution is -2.20. The van der Waals surface area contributed by atoms with Crippen LogP contribution in [0.15, 0.2) is 17.2 Å². The minimum absolute atomic E-state index is 0.190. The van der Waals surface area contributed by atoms with Gasteiger partial charge in [0.15, 0.2) is 9.84 Å². The molecule has 2 rings (SSSR count). The summed E-state index contributed by atoms with van der Waals surface area (Å²) in [4.78, 5) is 4.86. The molecular weight excluding hydrogens is 234 g/mol. The van der Waals surface area contributed by atoms with Crippen molar-refractivity contribution >= 4 is 9.84 Å². The lowest BCUT2D eigenvalue weighted by molar-refractivity contribution is 0.552. The van der Waals surface area contributed by atoms with Gasteiger partial charge in [0.05, 0.1) is 4.90 Å². The Morgan fingerprint density at radius 1 is 1.29 bits per heavy atom. The van der Waals surface area contributed by atoms with Gasteiger partial charge in [-0.2, -0.15) is 0 Å². The van der Waals surface area contributed by atoms with Crippen molar-refractivity contribution < 1.29 is 8.42 Å². The quantitative estimate of drug-likeness (QED) is 0.814. The SMILES string of the molecule is CC(C)(C)c1c(S(C)(=O)=O)ccnc1C1CC1. The first-order valence-corrected chi connectivity index (χ1v) is 7.80. The number of hydrogen-bond acceptors (Lipinski definition) is 3. The first kappa shape index (κ1) is 12.6. The summed E-state index contributed by atoms with van der Waals surface area (Å²) in [6, 6.07) is 1.63. The Hall–Kier alpha value is -0.900. The second-order valence-corrected chi connectivity index (χ2v) is 7.85. The fourth-order valence-corrected chi connectivity index (χ4v) is 3.28. The Balaban J connectivity index is 2.72. The van der Waals surface area contributed by atoms with Gasteiger partial charge in [-0.1, -0.05) is 20.8 Å². The van der Waals surface area contributed by atoms with Crippen molar-refractivity contribution in [2.75, 3.05) is 6.26 Å². The molecule has 0 unspecified atom stereocenters. The van der Waals surface area contributed by atoms with Crippen LogP contribution in [0.25, 0.3) is 0 Å². The van der Waals surface area contributed by atoms with Gasteiger partial charge in [-0.15, -0.1) is 0 Å². The molecule has 1 aromatic rings. The highest BCUT2D eigenvalue weighted by atomic mass is 32.2. The van der Waals surface area contributed by atoms with Crippen molar-refractivity contribution in [3.8, 4) is 0 Å². The minimum atomic E-state index is -3.18. The van der Waals surface area contributed by atoms with Crippen molar-refractivity contribution in [2.24, 2.45) is 0 Å². The molecule has 94 valence electrons. The van der Waals surface area contributed by atoms with E-state index in [2.05, 4.69) is 4.98 Å². The van der Waals surface area contributed by atoms with Crippen LogP contribution in [0.5, 0.6) is 0 Å². The second kappa shape index (κ2) is 3.80. The summed E-state index contributed by atoms with van der Waals surface area (Å²) >= 11 is 0. The van der Waals surface area contributed by atoms with E-state index in [1.165, 1.54) is 6.26 Å². The Morgan fingerprint density at radius 3 is 2.29 bits per heavy atom. The van der Waals surface area contributed by atoms with Crippen LogP contribution < -0.4 is 0 Å². The molecule has 1 aliphatic rings. The van der Waals surface area contributed by atoms with Crippen LogP contribution >= 0.6 is 0 Å². The molecule has 0 amide bonds. The molecule has 0 saturated heterocycles. The number of sulfone groups is 1. The maximum Gasteiger partial charge on any atom is 0.175 e. The van der Waals surface area contributed by atoms with Gasteiger partial charge in [0.2, 0.25) is 0 Å². The van der Waals surface area contributed by atoms with Gasteiger partial charge in [0.1, 0.15) is 0 Å². The van der Waals surface area contributed by atoms with E-state index in [-0.39, 0.29) is 5.41 Å². The van der Waals surface area contributed by atoms with Gasteiger partial charge in [0.25, 0.3) is 0 Å². The average Bonchev–Trinajstić information content (AvgIpc) is 2.96. The van der Waals surface area contributed by atoms with Crippen molar-refractivity contribution in [1.29, 1.82) is 0 Å². The normalized spacial score (nSPS) is 17.2. The fourth-order valence-electron chi connectivity index (χ4n) is 2.19. The van der Waals surface area contributed by atoms with Crippen LogP contribution in [0, 0.1) is 0 Å². The van der Waals surface area contributed by atoms with Gasteiger partial charge in [-0.05, 0) is 29.9 Å². The molecule has 0 bridgehead atoms. The van der Waals surface area contributed by atoms with Crippen LogP contribution in [0.4, 0.5) is 0 Å². The maximum absolute atomic E-state index is 11.9. The highest BCUT2D eigenvalue weighted by Crippen LogP contribution is 2.44. The first-order chi connectivity index (χ1) is 7.71. The van der Waals surface area contributed by atoms with Gasteiger partial charge in [0, 0.05) is 24.1 Å². The van der Waals surface area contributed by atoms with Gasteiger partial charge in [-0.3, -0.25) is 4.98 Å². The predicted octanol–water partition coefficient (Wildman–Crippen LogP) is 2.66. The van der Waals surface area contributed by atoms with Crippen LogP contribution in [0.1, 0.15) is 50.8 Å². The Morgan fingerprint density at radius 2 is 1.88 bits per heavy atom. The van der Waals surface area contributed by atoms with E-state index in [0.29, 0.717) is 10.8 Å². The van der Waals surface area contributed by atoms with Crippen molar-refractivity contribution in [1.82, 2.24) is 4.98 Å². The number of aromatic nitrogens is 1. The van der Waals surface area contributed by atoms with E-state index in [4.69, 9.17) is 0 Å². The number of nitrogens with zero attached hydrogens (tertiary/aromatic N) is 1. The van der Waals surface area contributed by atoms with E-state index in [1.54, 1.807) is 12.3 Å². The lowest BCUT2D eigenvalue weighted by atomic mass is 9.84. The summed E-state index contributed by atoms with van der Waals surface area (Å²) in [5.41, 5.74) is 1.70. The summed E-state index contributed by atoms with van der Waals surface area (Å²) in [7, 11) is -3.18. The summed E-state index contributed by atoms with van der Waals surface area (Å²) in [6.45, 7) is 6.14. The third-order valence-electron chi connectivity index (χ3n) is 3.06. The fraction of sp³-hybridized carbons (Fsp3) is 0.615. The zero-order chi connectivity index (χ0) is 12.8. The molecular formula is C13H19NO2S. The van der Waals surface area contributed by atoms with Gasteiger partial charge < -0.3 is 0 Å². The molecule has 1 heterocycles. The van der Waals surface area contributed by atoms with Crippen LogP contribution in [0.2, 0.25) is 0 Å². The molecule has 3 nitrogen and oxygen atoms in total. The average molecular weight is 253 g/mol. The molecule has 4 heteroatoms. The summed E-state index contributed by atoms with van der Waals surface area (Å²) in [6.07, 6.45) is 5.15. The van der Waals surface area contributed by atoms with E-state index >= 15 is 0 Å². The zero-order valence-electron chi connectivity index (χ0n) is 10.8.